The standard InChI is InChI=1S/C18H17N3O4/c22-15-7-8-21(18(24)20-15)10-16(23)19-17(11-5-6-11)14-9-12-3-1-2-4-13(12)25-14/h1-4,7-9,11,17H,5-6,10H2,(H,19,23)(H,20,22,24)/t17-/m1/s1. The number of amides is 1. The number of nitrogens with zero attached hydrogens (tertiary/aromatic N) is 1. The summed E-state index contributed by atoms with van der Waals surface area (Å²) in [6, 6.07) is 10.7. The Morgan fingerprint density at radius 1 is 1.28 bits per heavy atom. The summed E-state index contributed by atoms with van der Waals surface area (Å²) in [4.78, 5) is 37.3. The van der Waals surface area contributed by atoms with Crippen LogP contribution in [0.5, 0.6) is 0 Å². The highest BCUT2D eigenvalue weighted by Crippen LogP contribution is 2.42. The van der Waals surface area contributed by atoms with Crippen molar-refractivity contribution in [3.05, 3.63) is 69.2 Å². The number of aromatic nitrogens is 2. The molecule has 1 fully saturated rings. The van der Waals surface area contributed by atoms with Gasteiger partial charge < -0.3 is 9.73 Å². The second kappa shape index (κ2) is 6.08. The molecule has 1 aliphatic carbocycles. The van der Waals surface area contributed by atoms with Gasteiger partial charge in [0.1, 0.15) is 17.9 Å². The SMILES string of the molecule is O=C(Cn1ccc(=O)[nH]c1=O)N[C@@H](c1cc2ccccc2o1)C1CC1. The number of hydrogen-bond acceptors (Lipinski definition) is 4. The molecule has 0 bridgehead atoms. The minimum absolute atomic E-state index is 0.154. The van der Waals surface area contributed by atoms with Gasteiger partial charge in [0.25, 0.3) is 5.56 Å². The molecule has 25 heavy (non-hydrogen) atoms. The molecule has 0 radical (unpaired) electrons. The third-order valence-corrected chi connectivity index (χ3v) is 4.37. The van der Waals surface area contributed by atoms with Crippen LogP contribution in [0, 0.1) is 5.92 Å². The Bertz CT molecular complexity index is 1010. The molecule has 0 spiro atoms. The maximum absolute atomic E-state index is 12.4. The monoisotopic (exact) mass is 339 g/mol. The average molecular weight is 339 g/mol. The lowest BCUT2D eigenvalue weighted by Gasteiger charge is -2.16. The predicted molar refractivity (Wildman–Crippen MR) is 91.1 cm³/mol. The fourth-order valence-electron chi connectivity index (χ4n) is 2.95. The van der Waals surface area contributed by atoms with Gasteiger partial charge in [0.2, 0.25) is 5.91 Å². The first-order valence-corrected chi connectivity index (χ1v) is 8.18. The van der Waals surface area contributed by atoms with Gasteiger partial charge in [-0.05, 0) is 30.9 Å². The number of carbonyl (C=O) groups is 1. The van der Waals surface area contributed by atoms with Crippen molar-refractivity contribution in [2.75, 3.05) is 0 Å². The van der Waals surface area contributed by atoms with Crippen LogP contribution in [0.15, 0.2) is 56.6 Å². The number of furan rings is 1. The largest absolute Gasteiger partial charge is 0.459 e. The zero-order valence-electron chi connectivity index (χ0n) is 13.4. The Labute approximate surface area is 142 Å². The molecule has 3 aromatic rings. The second-order valence-electron chi connectivity index (χ2n) is 6.31. The van der Waals surface area contributed by atoms with Crippen molar-refractivity contribution in [1.82, 2.24) is 14.9 Å². The van der Waals surface area contributed by atoms with E-state index in [1.54, 1.807) is 0 Å². The zero-order valence-corrected chi connectivity index (χ0v) is 13.4. The van der Waals surface area contributed by atoms with Crippen LogP contribution in [0.4, 0.5) is 0 Å². The zero-order chi connectivity index (χ0) is 17.4. The lowest BCUT2D eigenvalue weighted by Crippen LogP contribution is -2.37. The fourth-order valence-corrected chi connectivity index (χ4v) is 2.95. The molecule has 1 aliphatic rings. The Kier molecular flexibility index (Phi) is 3.76. The molecule has 0 saturated heterocycles. The molecule has 0 unspecified atom stereocenters. The average Bonchev–Trinajstić information content (AvgIpc) is 3.33. The third-order valence-electron chi connectivity index (χ3n) is 4.37. The van der Waals surface area contributed by atoms with Gasteiger partial charge in [0, 0.05) is 17.6 Å². The van der Waals surface area contributed by atoms with E-state index < -0.39 is 11.2 Å². The maximum atomic E-state index is 12.4. The van der Waals surface area contributed by atoms with Crippen molar-refractivity contribution in [3.8, 4) is 0 Å². The van der Waals surface area contributed by atoms with Crippen molar-refractivity contribution in [2.45, 2.75) is 25.4 Å². The highest BCUT2D eigenvalue weighted by Gasteiger charge is 2.35. The van der Waals surface area contributed by atoms with Crippen LogP contribution in [0.3, 0.4) is 0 Å². The van der Waals surface area contributed by atoms with Crippen molar-refractivity contribution in [1.29, 1.82) is 0 Å². The van der Waals surface area contributed by atoms with Gasteiger partial charge in [0.15, 0.2) is 0 Å². The smallest absolute Gasteiger partial charge is 0.328 e. The minimum Gasteiger partial charge on any atom is -0.459 e. The van der Waals surface area contributed by atoms with Crippen molar-refractivity contribution < 1.29 is 9.21 Å². The summed E-state index contributed by atoms with van der Waals surface area (Å²) in [5.74, 6) is 0.772. The van der Waals surface area contributed by atoms with E-state index in [4.69, 9.17) is 4.42 Å². The normalized spacial score (nSPS) is 15.2. The van der Waals surface area contributed by atoms with Crippen LogP contribution in [-0.2, 0) is 11.3 Å². The van der Waals surface area contributed by atoms with Gasteiger partial charge in [-0.25, -0.2) is 4.79 Å². The molecule has 4 rings (SSSR count). The Morgan fingerprint density at radius 2 is 2.08 bits per heavy atom. The molecule has 2 aromatic heterocycles. The van der Waals surface area contributed by atoms with Gasteiger partial charge in [-0.3, -0.25) is 19.1 Å². The quantitative estimate of drug-likeness (QED) is 0.737. The third kappa shape index (κ3) is 3.26. The summed E-state index contributed by atoms with van der Waals surface area (Å²) in [7, 11) is 0. The summed E-state index contributed by atoms with van der Waals surface area (Å²) in [6.07, 6.45) is 3.37. The molecule has 7 heteroatoms. The lowest BCUT2D eigenvalue weighted by molar-refractivity contribution is -0.122. The number of aromatic amines is 1. The van der Waals surface area contributed by atoms with E-state index in [9.17, 15) is 14.4 Å². The summed E-state index contributed by atoms with van der Waals surface area (Å²) in [5.41, 5.74) is -0.302. The summed E-state index contributed by atoms with van der Waals surface area (Å²) >= 11 is 0. The van der Waals surface area contributed by atoms with Gasteiger partial charge in [-0.2, -0.15) is 0 Å². The van der Waals surface area contributed by atoms with Crippen LogP contribution in [-0.4, -0.2) is 15.5 Å². The van der Waals surface area contributed by atoms with E-state index in [1.165, 1.54) is 16.8 Å². The molecule has 2 N–H and O–H groups in total. The first-order valence-electron chi connectivity index (χ1n) is 8.18. The Morgan fingerprint density at radius 3 is 2.80 bits per heavy atom. The van der Waals surface area contributed by atoms with Gasteiger partial charge in [-0.15, -0.1) is 0 Å². The number of benzene rings is 1. The van der Waals surface area contributed by atoms with Gasteiger partial charge in [-0.1, -0.05) is 18.2 Å². The summed E-state index contributed by atoms with van der Waals surface area (Å²) in [5, 5.41) is 3.96. The van der Waals surface area contributed by atoms with Crippen LogP contribution in [0.25, 0.3) is 11.0 Å². The number of rotatable bonds is 5. The maximum Gasteiger partial charge on any atom is 0.328 e. The molecule has 1 atom stereocenters. The van der Waals surface area contributed by atoms with Crippen LogP contribution >= 0.6 is 0 Å². The molecule has 2 heterocycles. The molecular weight excluding hydrogens is 322 g/mol. The summed E-state index contributed by atoms with van der Waals surface area (Å²) in [6.45, 7) is -0.154. The molecule has 1 saturated carbocycles. The topological polar surface area (TPSA) is 97.1 Å². The van der Waals surface area contributed by atoms with E-state index in [0.29, 0.717) is 5.92 Å². The number of fused-ring (bicyclic) bond motifs is 1. The number of H-pyrrole nitrogens is 1. The van der Waals surface area contributed by atoms with Crippen molar-refractivity contribution in [2.24, 2.45) is 5.92 Å². The molecular formula is C18H17N3O4. The lowest BCUT2D eigenvalue weighted by atomic mass is 10.1. The number of para-hydroxylation sites is 1. The van der Waals surface area contributed by atoms with Gasteiger partial charge in [0.05, 0.1) is 6.04 Å². The molecule has 1 amide bonds. The molecule has 0 aliphatic heterocycles. The number of carbonyl (C=O) groups excluding carboxylic acids is 1. The Balaban J connectivity index is 1.54. The summed E-state index contributed by atoms with van der Waals surface area (Å²) < 4.78 is 7.06. The van der Waals surface area contributed by atoms with Crippen LogP contribution in [0.1, 0.15) is 24.6 Å². The highest BCUT2D eigenvalue weighted by molar-refractivity contribution is 5.79. The fraction of sp³-hybridized carbons (Fsp3) is 0.278. The van der Waals surface area contributed by atoms with E-state index in [2.05, 4.69) is 10.3 Å². The minimum atomic E-state index is -0.602. The van der Waals surface area contributed by atoms with E-state index >= 15 is 0 Å². The molecule has 1 aromatic carbocycles. The Hall–Kier alpha value is -3.09. The first kappa shape index (κ1) is 15.4. The first-order chi connectivity index (χ1) is 12.1. The molecule has 7 nitrogen and oxygen atoms in total. The highest BCUT2D eigenvalue weighted by atomic mass is 16.3. The van der Waals surface area contributed by atoms with Crippen LogP contribution in [0.2, 0.25) is 0 Å². The van der Waals surface area contributed by atoms with E-state index in [1.807, 2.05) is 30.3 Å². The number of hydrogen-bond donors (Lipinski definition) is 2. The number of nitrogens with one attached hydrogen (secondary N) is 2. The predicted octanol–water partition coefficient (Wildman–Crippen LogP) is 1.55. The van der Waals surface area contributed by atoms with Gasteiger partial charge >= 0.3 is 5.69 Å². The van der Waals surface area contributed by atoms with Crippen molar-refractivity contribution in [3.63, 3.8) is 0 Å². The van der Waals surface area contributed by atoms with E-state index in [-0.39, 0.29) is 18.5 Å². The van der Waals surface area contributed by atoms with Crippen molar-refractivity contribution >= 4 is 16.9 Å². The second-order valence-corrected chi connectivity index (χ2v) is 6.31. The van der Waals surface area contributed by atoms with Crippen LogP contribution < -0.4 is 16.6 Å². The van der Waals surface area contributed by atoms with E-state index in [0.717, 1.165) is 29.6 Å². The molecule has 128 valence electrons.